The summed E-state index contributed by atoms with van der Waals surface area (Å²) in [5.41, 5.74) is 1.89. The van der Waals surface area contributed by atoms with E-state index >= 15 is 0 Å². The van der Waals surface area contributed by atoms with E-state index < -0.39 is 0 Å². The Labute approximate surface area is 130 Å². The predicted octanol–water partition coefficient (Wildman–Crippen LogP) is 4.43. The van der Waals surface area contributed by atoms with Crippen molar-refractivity contribution in [3.8, 4) is 5.75 Å². The average molecular weight is 289 g/mol. The summed E-state index contributed by atoms with van der Waals surface area (Å²) in [6, 6.07) is 9.14. The molecular weight excluding hydrogens is 258 g/mol. The van der Waals surface area contributed by atoms with Crippen molar-refractivity contribution in [2.45, 2.75) is 58.4 Å². The third kappa shape index (κ3) is 4.23. The molecule has 0 aliphatic heterocycles. The van der Waals surface area contributed by atoms with E-state index in [1.807, 2.05) is 0 Å². The summed E-state index contributed by atoms with van der Waals surface area (Å²) in [5, 5.41) is 3.60. The SMILES string of the molecule is CNC(CCc1ccc(OC)cc1)C1CCCCC1(C)C. The zero-order chi connectivity index (χ0) is 15.3. The van der Waals surface area contributed by atoms with Gasteiger partial charge < -0.3 is 10.1 Å². The molecule has 1 saturated carbocycles. The second-order valence-corrected chi connectivity index (χ2v) is 7.12. The summed E-state index contributed by atoms with van der Waals surface area (Å²) < 4.78 is 5.23. The Balaban J connectivity index is 1.95. The highest BCUT2D eigenvalue weighted by Crippen LogP contribution is 2.43. The molecule has 1 aliphatic rings. The number of rotatable bonds is 6. The van der Waals surface area contributed by atoms with E-state index in [2.05, 4.69) is 50.5 Å². The van der Waals surface area contributed by atoms with Crippen LogP contribution in [0, 0.1) is 11.3 Å². The topological polar surface area (TPSA) is 21.3 Å². The summed E-state index contributed by atoms with van der Waals surface area (Å²) >= 11 is 0. The normalized spacial score (nSPS) is 22.8. The summed E-state index contributed by atoms with van der Waals surface area (Å²) in [4.78, 5) is 0. The molecule has 2 unspecified atom stereocenters. The Hall–Kier alpha value is -1.02. The van der Waals surface area contributed by atoms with Crippen LogP contribution in [0.3, 0.4) is 0 Å². The summed E-state index contributed by atoms with van der Waals surface area (Å²) in [7, 11) is 3.85. The largest absolute Gasteiger partial charge is 0.497 e. The van der Waals surface area contributed by atoms with Crippen LogP contribution in [0.4, 0.5) is 0 Å². The molecule has 21 heavy (non-hydrogen) atoms. The van der Waals surface area contributed by atoms with Gasteiger partial charge in [0.25, 0.3) is 0 Å². The van der Waals surface area contributed by atoms with Gasteiger partial charge in [-0.3, -0.25) is 0 Å². The first-order valence-electron chi connectivity index (χ1n) is 8.37. The van der Waals surface area contributed by atoms with Gasteiger partial charge in [0.1, 0.15) is 5.75 Å². The first-order valence-corrected chi connectivity index (χ1v) is 8.37. The van der Waals surface area contributed by atoms with Crippen molar-refractivity contribution in [1.82, 2.24) is 5.32 Å². The molecule has 1 aromatic rings. The van der Waals surface area contributed by atoms with Crippen molar-refractivity contribution in [1.29, 1.82) is 0 Å². The number of nitrogens with one attached hydrogen (secondary N) is 1. The fourth-order valence-electron chi connectivity index (χ4n) is 3.93. The zero-order valence-corrected chi connectivity index (χ0v) is 14.1. The van der Waals surface area contributed by atoms with E-state index in [1.54, 1.807) is 7.11 Å². The maximum absolute atomic E-state index is 5.23. The minimum Gasteiger partial charge on any atom is -0.497 e. The van der Waals surface area contributed by atoms with Gasteiger partial charge in [0.15, 0.2) is 0 Å². The average Bonchev–Trinajstić information content (AvgIpc) is 2.49. The van der Waals surface area contributed by atoms with Crippen molar-refractivity contribution < 1.29 is 4.74 Å². The van der Waals surface area contributed by atoms with Crippen LogP contribution >= 0.6 is 0 Å². The van der Waals surface area contributed by atoms with E-state index in [1.165, 1.54) is 37.7 Å². The molecule has 2 heteroatoms. The lowest BCUT2D eigenvalue weighted by atomic mass is 9.65. The lowest BCUT2D eigenvalue weighted by Gasteiger charge is -2.43. The van der Waals surface area contributed by atoms with Gasteiger partial charge in [-0.05, 0) is 61.8 Å². The van der Waals surface area contributed by atoms with Gasteiger partial charge in [0.05, 0.1) is 7.11 Å². The van der Waals surface area contributed by atoms with E-state index in [-0.39, 0.29) is 0 Å². The van der Waals surface area contributed by atoms with Gasteiger partial charge in [-0.25, -0.2) is 0 Å². The Bertz CT molecular complexity index is 424. The van der Waals surface area contributed by atoms with Crippen molar-refractivity contribution in [3.05, 3.63) is 29.8 Å². The molecule has 2 rings (SSSR count). The third-order valence-electron chi connectivity index (χ3n) is 5.35. The van der Waals surface area contributed by atoms with Crippen LogP contribution in [-0.2, 0) is 6.42 Å². The minimum atomic E-state index is 0.478. The molecule has 1 aliphatic carbocycles. The molecule has 1 N–H and O–H groups in total. The smallest absolute Gasteiger partial charge is 0.118 e. The summed E-state index contributed by atoms with van der Waals surface area (Å²) in [6.07, 6.45) is 7.91. The number of hydrogen-bond acceptors (Lipinski definition) is 2. The Morgan fingerprint density at radius 3 is 2.52 bits per heavy atom. The quantitative estimate of drug-likeness (QED) is 0.836. The molecule has 2 atom stereocenters. The van der Waals surface area contributed by atoms with Gasteiger partial charge in [-0.2, -0.15) is 0 Å². The van der Waals surface area contributed by atoms with Crippen LogP contribution < -0.4 is 10.1 Å². The third-order valence-corrected chi connectivity index (χ3v) is 5.35. The van der Waals surface area contributed by atoms with Crippen molar-refractivity contribution in [2.75, 3.05) is 14.2 Å². The Kier molecular flexibility index (Phi) is 5.69. The van der Waals surface area contributed by atoms with Crippen LogP contribution in [0.25, 0.3) is 0 Å². The Morgan fingerprint density at radius 1 is 1.24 bits per heavy atom. The monoisotopic (exact) mass is 289 g/mol. The van der Waals surface area contributed by atoms with E-state index in [0.29, 0.717) is 11.5 Å². The van der Waals surface area contributed by atoms with Gasteiger partial charge in [0, 0.05) is 6.04 Å². The molecule has 0 aromatic heterocycles. The fraction of sp³-hybridized carbons (Fsp3) is 0.684. The van der Waals surface area contributed by atoms with Crippen molar-refractivity contribution >= 4 is 0 Å². The molecule has 0 saturated heterocycles. The van der Waals surface area contributed by atoms with Gasteiger partial charge >= 0.3 is 0 Å². The van der Waals surface area contributed by atoms with Crippen LogP contribution in [0.15, 0.2) is 24.3 Å². The van der Waals surface area contributed by atoms with Crippen LogP contribution in [0.5, 0.6) is 5.75 Å². The molecule has 0 heterocycles. The summed E-state index contributed by atoms with van der Waals surface area (Å²) in [5.74, 6) is 1.74. The molecule has 0 radical (unpaired) electrons. The standard InChI is InChI=1S/C19H31NO/c1-19(2)14-6-5-7-17(19)18(20-3)13-10-15-8-11-16(21-4)12-9-15/h8-9,11-12,17-18,20H,5-7,10,13-14H2,1-4H3. The minimum absolute atomic E-state index is 0.478. The van der Waals surface area contributed by atoms with Gasteiger partial charge in [0.2, 0.25) is 0 Å². The van der Waals surface area contributed by atoms with E-state index in [0.717, 1.165) is 18.1 Å². The predicted molar refractivity (Wildman–Crippen MR) is 89.9 cm³/mol. The van der Waals surface area contributed by atoms with Crippen LogP contribution in [-0.4, -0.2) is 20.2 Å². The first kappa shape index (κ1) is 16.4. The van der Waals surface area contributed by atoms with E-state index in [9.17, 15) is 0 Å². The second kappa shape index (κ2) is 7.31. The molecule has 1 fully saturated rings. The highest BCUT2D eigenvalue weighted by molar-refractivity contribution is 5.27. The highest BCUT2D eigenvalue weighted by Gasteiger charge is 2.36. The number of ether oxygens (including phenoxy) is 1. The first-order chi connectivity index (χ1) is 10.1. The van der Waals surface area contributed by atoms with Gasteiger partial charge in [-0.1, -0.05) is 38.8 Å². The molecule has 118 valence electrons. The molecule has 0 amide bonds. The fourth-order valence-corrected chi connectivity index (χ4v) is 3.93. The molecular formula is C19H31NO. The highest BCUT2D eigenvalue weighted by atomic mass is 16.5. The van der Waals surface area contributed by atoms with Crippen LogP contribution in [0.1, 0.15) is 51.5 Å². The number of methoxy groups -OCH3 is 1. The molecule has 0 bridgehead atoms. The number of aryl methyl sites for hydroxylation is 1. The Morgan fingerprint density at radius 2 is 1.95 bits per heavy atom. The number of hydrogen-bond donors (Lipinski definition) is 1. The van der Waals surface area contributed by atoms with Gasteiger partial charge in [-0.15, -0.1) is 0 Å². The number of benzene rings is 1. The lowest BCUT2D eigenvalue weighted by molar-refractivity contribution is 0.0979. The maximum Gasteiger partial charge on any atom is 0.118 e. The van der Waals surface area contributed by atoms with Crippen molar-refractivity contribution in [2.24, 2.45) is 11.3 Å². The lowest BCUT2D eigenvalue weighted by Crippen LogP contribution is -2.43. The van der Waals surface area contributed by atoms with E-state index in [4.69, 9.17) is 4.74 Å². The molecule has 1 aromatic carbocycles. The van der Waals surface area contributed by atoms with Crippen LogP contribution in [0.2, 0.25) is 0 Å². The molecule has 0 spiro atoms. The maximum atomic E-state index is 5.23. The summed E-state index contributed by atoms with van der Waals surface area (Å²) in [6.45, 7) is 4.91. The molecule has 2 nitrogen and oxygen atoms in total. The second-order valence-electron chi connectivity index (χ2n) is 7.12. The zero-order valence-electron chi connectivity index (χ0n) is 14.1. The van der Waals surface area contributed by atoms with Crippen molar-refractivity contribution in [3.63, 3.8) is 0 Å².